The molecular weight excluding hydrogens is 906 g/mol. The number of benzene rings is 9. The molecule has 2 atom stereocenters. The monoisotopic (exact) mass is 972 g/mol. The van der Waals surface area contributed by atoms with Gasteiger partial charge in [-0.1, -0.05) is 219 Å². The molecule has 3 nitrogen and oxygen atoms in total. The Morgan fingerprint density at radius 2 is 0.880 bits per heavy atom. The SMILES string of the molecule is CC(C)(C)c1ccc(-c2ccccc2N2c3cc(N4c5ccccc5C5(C)CCCCC45C)cc4c3B3c5c(cccc5C(c5ccccc5)(c5ccccc5)c5cccc2c53)N4c2ccc(C(C)(C)C)cc2)cc1. The van der Waals surface area contributed by atoms with E-state index in [1.54, 1.807) is 0 Å². The van der Waals surface area contributed by atoms with Gasteiger partial charge in [-0.05, 0) is 140 Å². The minimum Gasteiger partial charge on any atom is -0.334 e. The minimum atomic E-state index is -0.625. The fourth-order valence-corrected chi connectivity index (χ4v) is 15.0. The average molecular weight is 972 g/mol. The second kappa shape index (κ2) is 16.2. The summed E-state index contributed by atoms with van der Waals surface area (Å²) in [5, 5.41) is 0. The van der Waals surface area contributed by atoms with Gasteiger partial charge in [0, 0.05) is 50.8 Å². The van der Waals surface area contributed by atoms with Gasteiger partial charge >= 0.3 is 0 Å². The van der Waals surface area contributed by atoms with E-state index in [1.807, 2.05) is 0 Å². The molecular formula is C71H66BN3. The van der Waals surface area contributed by atoms with E-state index in [4.69, 9.17) is 0 Å². The van der Waals surface area contributed by atoms with E-state index < -0.39 is 5.41 Å². The van der Waals surface area contributed by atoms with Crippen molar-refractivity contribution >= 4 is 68.6 Å². The van der Waals surface area contributed by atoms with E-state index >= 15 is 0 Å². The zero-order chi connectivity index (χ0) is 51.2. The number of fused-ring (bicyclic) bond motifs is 3. The van der Waals surface area contributed by atoms with Gasteiger partial charge in [0.1, 0.15) is 0 Å². The van der Waals surface area contributed by atoms with Crippen molar-refractivity contribution in [2.45, 2.75) is 108 Å². The summed E-state index contributed by atoms with van der Waals surface area (Å²) in [6.07, 6.45) is 4.76. The van der Waals surface area contributed by atoms with E-state index in [1.165, 1.54) is 131 Å². The fraction of sp³-hybridized carbons (Fsp3) is 0.239. The highest BCUT2D eigenvalue weighted by Gasteiger charge is 2.59. The Labute approximate surface area is 445 Å². The van der Waals surface area contributed by atoms with Crippen LogP contribution in [-0.2, 0) is 21.7 Å². The van der Waals surface area contributed by atoms with E-state index in [0.29, 0.717) is 0 Å². The number of hydrogen-bond acceptors (Lipinski definition) is 3. The summed E-state index contributed by atoms with van der Waals surface area (Å²) in [5.41, 5.74) is 25.1. The van der Waals surface area contributed by atoms with Crippen molar-refractivity contribution in [2.75, 3.05) is 14.7 Å². The molecule has 0 spiro atoms. The molecule has 1 saturated carbocycles. The zero-order valence-corrected chi connectivity index (χ0v) is 44.9. The van der Waals surface area contributed by atoms with Crippen LogP contribution in [0.1, 0.15) is 120 Å². The lowest BCUT2D eigenvalue weighted by Gasteiger charge is -2.53. The van der Waals surface area contributed by atoms with Gasteiger partial charge in [0.15, 0.2) is 0 Å². The van der Waals surface area contributed by atoms with Gasteiger partial charge in [0.2, 0.25) is 0 Å². The maximum absolute atomic E-state index is 2.79. The normalized spacial score (nSPS) is 19.6. The number of anilines is 8. The van der Waals surface area contributed by atoms with Crippen molar-refractivity contribution in [3.05, 3.63) is 245 Å². The van der Waals surface area contributed by atoms with Crippen LogP contribution < -0.4 is 31.1 Å². The Hall–Kier alpha value is -7.56. The molecule has 1 aliphatic carbocycles. The lowest BCUT2D eigenvalue weighted by Crippen LogP contribution is -2.68. The Bertz CT molecular complexity index is 3690. The Kier molecular flexibility index (Phi) is 9.95. The highest BCUT2D eigenvalue weighted by Crippen LogP contribution is 2.62. The van der Waals surface area contributed by atoms with Crippen LogP contribution in [-0.4, -0.2) is 12.3 Å². The molecule has 4 heteroatoms. The summed E-state index contributed by atoms with van der Waals surface area (Å²) in [6, 6.07) is 79.9. The number of para-hydroxylation sites is 2. The molecule has 4 heterocycles. The molecule has 0 bridgehead atoms. The lowest BCUT2D eigenvalue weighted by atomic mass is 9.28. The minimum absolute atomic E-state index is 0.00641. The summed E-state index contributed by atoms with van der Waals surface area (Å²) >= 11 is 0. The molecule has 0 N–H and O–H groups in total. The molecule has 1 fully saturated rings. The van der Waals surface area contributed by atoms with E-state index in [2.05, 4.69) is 276 Å². The third kappa shape index (κ3) is 6.35. The van der Waals surface area contributed by atoms with Crippen molar-refractivity contribution in [1.29, 1.82) is 0 Å². The highest BCUT2D eigenvalue weighted by molar-refractivity contribution is 7.01. The van der Waals surface area contributed by atoms with Gasteiger partial charge in [-0.2, -0.15) is 0 Å². The lowest BCUT2D eigenvalue weighted by molar-refractivity contribution is 0.195. The summed E-state index contributed by atoms with van der Waals surface area (Å²) in [4.78, 5) is 8.14. The molecule has 9 aromatic rings. The van der Waals surface area contributed by atoms with E-state index in [0.717, 1.165) is 6.42 Å². The van der Waals surface area contributed by atoms with Crippen molar-refractivity contribution in [2.24, 2.45) is 0 Å². The van der Waals surface area contributed by atoms with Crippen molar-refractivity contribution in [3.63, 3.8) is 0 Å². The van der Waals surface area contributed by atoms with E-state index in [9.17, 15) is 0 Å². The number of rotatable bonds is 6. The van der Waals surface area contributed by atoms with Gasteiger partial charge in [0.25, 0.3) is 6.71 Å². The maximum Gasteiger partial charge on any atom is 0.253 e. The summed E-state index contributed by atoms with van der Waals surface area (Å²) in [7, 11) is 0. The third-order valence-corrected chi connectivity index (χ3v) is 18.8. The molecule has 0 saturated heterocycles. The van der Waals surface area contributed by atoms with Crippen LogP contribution in [0.15, 0.2) is 206 Å². The topological polar surface area (TPSA) is 9.72 Å². The fourth-order valence-electron chi connectivity index (χ4n) is 15.0. The number of nitrogens with zero attached hydrogens (tertiary/aromatic N) is 3. The molecule has 5 aliphatic rings. The largest absolute Gasteiger partial charge is 0.334 e. The quantitative estimate of drug-likeness (QED) is 0.154. The van der Waals surface area contributed by atoms with E-state index in [-0.39, 0.29) is 28.5 Å². The van der Waals surface area contributed by atoms with Gasteiger partial charge in [-0.25, -0.2) is 0 Å². The maximum atomic E-state index is 2.79. The molecule has 4 aliphatic heterocycles. The first kappa shape index (κ1) is 46.0. The molecule has 14 rings (SSSR count). The first-order chi connectivity index (χ1) is 36.2. The van der Waals surface area contributed by atoms with Crippen LogP contribution in [0, 0.1) is 0 Å². The van der Waals surface area contributed by atoms with Crippen LogP contribution in [0.4, 0.5) is 45.5 Å². The average Bonchev–Trinajstić information content (AvgIpc) is 3.65. The summed E-state index contributed by atoms with van der Waals surface area (Å²) in [6.45, 7) is 19.0. The predicted molar refractivity (Wildman–Crippen MR) is 318 cm³/mol. The van der Waals surface area contributed by atoms with Gasteiger partial charge in [0.05, 0.1) is 16.6 Å². The molecule has 0 amide bonds. The predicted octanol–water partition coefficient (Wildman–Crippen LogP) is 16.5. The molecule has 0 aromatic heterocycles. The molecule has 9 aromatic carbocycles. The van der Waals surface area contributed by atoms with Crippen LogP contribution in [0.25, 0.3) is 11.1 Å². The van der Waals surface area contributed by atoms with Crippen molar-refractivity contribution < 1.29 is 0 Å². The van der Waals surface area contributed by atoms with Crippen LogP contribution in [0.5, 0.6) is 0 Å². The molecule has 368 valence electrons. The first-order valence-electron chi connectivity index (χ1n) is 27.6. The Morgan fingerprint density at radius 3 is 1.48 bits per heavy atom. The smallest absolute Gasteiger partial charge is 0.253 e. The van der Waals surface area contributed by atoms with Crippen molar-refractivity contribution in [1.82, 2.24) is 0 Å². The Morgan fingerprint density at radius 1 is 0.400 bits per heavy atom. The summed E-state index contributed by atoms with van der Waals surface area (Å²) in [5.74, 6) is 0. The number of hydrogen-bond donors (Lipinski definition) is 0. The summed E-state index contributed by atoms with van der Waals surface area (Å²) < 4.78 is 0. The van der Waals surface area contributed by atoms with Gasteiger partial charge < -0.3 is 14.7 Å². The van der Waals surface area contributed by atoms with Crippen LogP contribution >= 0.6 is 0 Å². The molecule has 0 radical (unpaired) electrons. The van der Waals surface area contributed by atoms with Crippen LogP contribution in [0.3, 0.4) is 0 Å². The first-order valence-corrected chi connectivity index (χ1v) is 27.6. The zero-order valence-electron chi connectivity index (χ0n) is 44.9. The molecule has 2 unspecified atom stereocenters. The molecule has 75 heavy (non-hydrogen) atoms. The second-order valence-corrected chi connectivity index (χ2v) is 24.8. The van der Waals surface area contributed by atoms with Crippen molar-refractivity contribution in [3.8, 4) is 11.1 Å². The third-order valence-electron chi connectivity index (χ3n) is 18.8. The highest BCUT2D eigenvalue weighted by atomic mass is 15.3. The Balaban J connectivity index is 1.14. The van der Waals surface area contributed by atoms with Gasteiger partial charge in [-0.3, -0.25) is 0 Å². The second-order valence-electron chi connectivity index (χ2n) is 24.8. The standard InChI is InChI=1S/C71H66BN3/c1-67(2,3)48-37-35-47(36-38-48)54-27-15-17-31-58(54)74-61-34-22-30-57-65(61)72-64-56(71(57,50-23-11-9-12-24-50)51-25-13-10-14-26-51)29-21-33-60(64)73(52-41-39-49(40-42-52)68(4,5)6)62-45-53(46-63(74)66(62)72)75-59-32-18-16-28-55(59)69(7)43-19-20-44-70(69,75)8/h9-18,21-42,45-46H,19-20,43-44H2,1-8H3. The van der Waals surface area contributed by atoms with Gasteiger partial charge in [-0.15, -0.1) is 0 Å². The van der Waals surface area contributed by atoms with Crippen LogP contribution in [0.2, 0.25) is 0 Å².